The maximum absolute atomic E-state index is 5.91. The van der Waals surface area contributed by atoms with Gasteiger partial charge < -0.3 is 4.74 Å². The van der Waals surface area contributed by atoms with Crippen LogP contribution in [0.5, 0.6) is 6.01 Å². The van der Waals surface area contributed by atoms with Gasteiger partial charge in [-0.1, -0.05) is 26.0 Å². The molecule has 2 aromatic rings. The van der Waals surface area contributed by atoms with Crippen LogP contribution in [0.3, 0.4) is 0 Å². The molecule has 4 nitrogen and oxygen atoms in total. The summed E-state index contributed by atoms with van der Waals surface area (Å²) in [4.78, 5) is 13.4. The molecule has 0 aliphatic rings. The number of nitrogens with zero attached hydrogens (tertiary/aromatic N) is 3. The van der Waals surface area contributed by atoms with Gasteiger partial charge in [0.05, 0.1) is 6.10 Å². The summed E-state index contributed by atoms with van der Waals surface area (Å²) >= 11 is 7.35. The zero-order valence-corrected chi connectivity index (χ0v) is 14.1. The smallest absolute Gasteiger partial charge is 0.322 e. The van der Waals surface area contributed by atoms with Crippen LogP contribution in [0.4, 0.5) is 0 Å². The molecule has 0 saturated carbocycles. The first-order valence-corrected chi connectivity index (χ1v) is 7.99. The number of hydrogen-bond acceptors (Lipinski definition) is 5. The third-order valence-corrected chi connectivity index (χ3v) is 3.71. The van der Waals surface area contributed by atoms with Gasteiger partial charge in [-0.05, 0) is 60.8 Å². The molecule has 0 unspecified atom stereocenters. The topological polar surface area (TPSA) is 47.9 Å². The molecule has 1 heterocycles. The average Bonchev–Trinajstić information content (AvgIpc) is 2.37. The number of aromatic nitrogens is 3. The number of halogens is 1. The van der Waals surface area contributed by atoms with Gasteiger partial charge in [-0.15, -0.1) is 0 Å². The number of benzene rings is 1. The van der Waals surface area contributed by atoms with Crippen molar-refractivity contribution >= 4 is 23.4 Å². The second kappa shape index (κ2) is 7.09. The molecule has 0 atom stereocenters. The van der Waals surface area contributed by atoms with Gasteiger partial charge in [0.2, 0.25) is 5.28 Å². The van der Waals surface area contributed by atoms with E-state index in [1.54, 1.807) is 0 Å². The third kappa shape index (κ3) is 4.86. The molecule has 2 rings (SSSR count). The first-order valence-electron chi connectivity index (χ1n) is 6.80. The molecule has 1 aromatic carbocycles. The molecule has 0 spiro atoms. The molecule has 0 saturated heterocycles. The number of rotatable bonds is 5. The molecule has 112 valence electrons. The summed E-state index contributed by atoms with van der Waals surface area (Å²) in [5.41, 5.74) is 1.30. The van der Waals surface area contributed by atoms with Gasteiger partial charge in [-0.2, -0.15) is 15.0 Å². The molecular weight excluding hydrogens is 306 g/mol. The fourth-order valence-corrected chi connectivity index (χ4v) is 2.59. The van der Waals surface area contributed by atoms with E-state index >= 15 is 0 Å². The molecular formula is C15H18ClN3OS. The van der Waals surface area contributed by atoms with Crippen molar-refractivity contribution in [2.45, 2.75) is 49.8 Å². The predicted octanol–water partition coefficient (Wildman–Crippen LogP) is 4.59. The lowest BCUT2D eigenvalue weighted by Crippen LogP contribution is -2.09. The monoisotopic (exact) mass is 323 g/mol. The standard InChI is InChI=1S/C15H18ClN3OS/c1-9(2)11-5-7-12(8-6-11)21-15-18-13(16)17-14(19-15)20-10(3)4/h5-10H,1-4H3. The van der Waals surface area contributed by atoms with E-state index in [0.717, 1.165) is 4.90 Å². The summed E-state index contributed by atoms with van der Waals surface area (Å²) in [5, 5.41) is 0.671. The highest BCUT2D eigenvalue weighted by Crippen LogP contribution is 2.28. The van der Waals surface area contributed by atoms with E-state index in [-0.39, 0.29) is 17.4 Å². The summed E-state index contributed by atoms with van der Waals surface area (Å²) < 4.78 is 5.46. The van der Waals surface area contributed by atoms with Crippen molar-refractivity contribution in [3.8, 4) is 6.01 Å². The van der Waals surface area contributed by atoms with Gasteiger partial charge in [0.15, 0.2) is 5.16 Å². The van der Waals surface area contributed by atoms with Crippen LogP contribution in [0.2, 0.25) is 5.28 Å². The Hall–Kier alpha value is -1.33. The molecule has 0 fully saturated rings. The largest absolute Gasteiger partial charge is 0.461 e. The van der Waals surface area contributed by atoms with Gasteiger partial charge in [0, 0.05) is 4.90 Å². The zero-order chi connectivity index (χ0) is 15.4. The minimum absolute atomic E-state index is 0.00774. The summed E-state index contributed by atoms with van der Waals surface area (Å²) in [5.74, 6) is 0.515. The van der Waals surface area contributed by atoms with Crippen molar-refractivity contribution in [3.63, 3.8) is 0 Å². The first-order chi connectivity index (χ1) is 9.94. The molecule has 6 heteroatoms. The van der Waals surface area contributed by atoms with Crippen LogP contribution in [0.1, 0.15) is 39.2 Å². The average molecular weight is 324 g/mol. The lowest BCUT2D eigenvalue weighted by atomic mass is 10.0. The Bertz CT molecular complexity index is 602. The van der Waals surface area contributed by atoms with Crippen molar-refractivity contribution in [1.82, 2.24) is 15.0 Å². The number of ether oxygens (including phenoxy) is 1. The fraction of sp³-hybridized carbons (Fsp3) is 0.400. The Morgan fingerprint density at radius 2 is 1.67 bits per heavy atom. The highest BCUT2D eigenvalue weighted by molar-refractivity contribution is 7.99. The first kappa shape index (κ1) is 16.0. The molecule has 0 N–H and O–H groups in total. The van der Waals surface area contributed by atoms with Crippen LogP contribution >= 0.6 is 23.4 Å². The van der Waals surface area contributed by atoms with Crippen LogP contribution in [-0.2, 0) is 0 Å². The summed E-state index contributed by atoms with van der Waals surface area (Å²) in [6, 6.07) is 8.59. The summed E-state index contributed by atoms with van der Waals surface area (Å²) in [7, 11) is 0. The van der Waals surface area contributed by atoms with Crippen LogP contribution in [0.15, 0.2) is 34.3 Å². The van der Waals surface area contributed by atoms with Crippen molar-refractivity contribution in [1.29, 1.82) is 0 Å². The quantitative estimate of drug-likeness (QED) is 0.805. The van der Waals surface area contributed by atoms with Crippen molar-refractivity contribution in [2.24, 2.45) is 0 Å². The maximum Gasteiger partial charge on any atom is 0.322 e. The molecule has 0 amide bonds. The normalized spacial score (nSPS) is 11.2. The molecule has 0 aliphatic carbocycles. The minimum atomic E-state index is -0.00774. The Labute approximate surface area is 134 Å². The minimum Gasteiger partial charge on any atom is -0.461 e. The molecule has 21 heavy (non-hydrogen) atoms. The maximum atomic E-state index is 5.91. The highest BCUT2D eigenvalue weighted by atomic mass is 35.5. The van der Waals surface area contributed by atoms with E-state index in [2.05, 4.69) is 53.1 Å². The lowest BCUT2D eigenvalue weighted by Gasteiger charge is -2.09. The van der Waals surface area contributed by atoms with E-state index in [4.69, 9.17) is 16.3 Å². The lowest BCUT2D eigenvalue weighted by molar-refractivity contribution is 0.219. The second-order valence-electron chi connectivity index (χ2n) is 5.16. The molecule has 0 radical (unpaired) electrons. The number of hydrogen-bond donors (Lipinski definition) is 0. The molecule has 1 aromatic heterocycles. The Kier molecular flexibility index (Phi) is 5.42. The zero-order valence-electron chi connectivity index (χ0n) is 12.5. The van der Waals surface area contributed by atoms with Crippen LogP contribution in [0.25, 0.3) is 0 Å². The molecule has 0 aliphatic heterocycles. The fourth-order valence-electron chi connectivity index (χ4n) is 1.65. The van der Waals surface area contributed by atoms with Crippen molar-refractivity contribution in [3.05, 3.63) is 35.1 Å². The van der Waals surface area contributed by atoms with Crippen LogP contribution < -0.4 is 4.74 Å². The third-order valence-electron chi connectivity index (χ3n) is 2.66. The Morgan fingerprint density at radius 3 is 2.24 bits per heavy atom. The summed E-state index contributed by atoms with van der Waals surface area (Å²) in [6.45, 7) is 8.16. The predicted molar refractivity (Wildman–Crippen MR) is 85.3 cm³/mol. The SMILES string of the molecule is CC(C)Oc1nc(Cl)nc(Sc2ccc(C(C)C)cc2)n1. The van der Waals surface area contributed by atoms with E-state index in [1.165, 1.54) is 17.3 Å². The van der Waals surface area contributed by atoms with E-state index < -0.39 is 0 Å². The molecule has 0 bridgehead atoms. The van der Waals surface area contributed by atoms with Crippen molar-refractivity contribution in [2.75, 3.05) is 0 Å². The van der Waals surface area contributed by atoms with Gasteiger partial charge in [-0.25, -0.2) is 0 Å². The highest BCUT2D eigenvalue weighted by Gasteiger charge is 2.09. The van der Waals surface area contributed by atoms with E-state index in [0.29, 0.717) is 11.1 Å². The van der Waals surface area contributed by atoms with Crippen molar-refractivity contribution < 1.29 is 4.74 Å². The van der Waals surface area contributed by atoms with Gasteiger partial charge in [0.1, 0.15) is 0 Å². The Balaban J connectivity index is 2.16. The van der Waals surface area contributed by atoms with Crippen LogP contribution in [-0.4, -0.2) is 21.1 Å². The van der Waals surface area contributed by atoms with Gasteiger partial charge in [0.25, 0.3) is 0 Å². The summed E-state index contributed by atoms with van der Waals surface area (Å²) in [6.07, 6.45) is -0.00774. The second-order valence-corrected chi connectivity index (χ2v) is 6.54. The van der Waals surface area contributed by atoms with Gasteiger partial charge >= 0.3 is 6.01 Å². The van der Waals surface area contributed by atoms with Gasteiger partial charge in [-0.3, -0.25) is 0 Å². The van der Waals surface area contributed by atoms with E-state index in [9.17, 15) is 0 Å². The van der Waals surface area contributed by atoms with Crippen LogP contribution in [0, 0.1) is 0 Å². The van der Waals surface area contributed by atoms with E-state index in [1.807, 2.05) is 13.8 Å². The Morgan fingerprint density at radius 1 is 1.00 bits per heavy atom.